The van der Waals surface area contributed by atoms with E-state index in [2.05, 4.69) is 4.98 Å². The van der Waals surface area contributed by atoms with Crippen LogP contribution in [0.3, 0.4) is 0 Å². The van der Waals surface area contributed by atoms with Gasteiger partial charge in [-0.25, -0.2) is 13.4 Å². The summed E-state index contributed by atoms with van der Waals surface area (Å²) in [6.45, 7) is 0.496. The Kier molecular flexibility index (Phi) is 2.36. The number of hydrogen-bond donors (Lipinski definition) is 0. The zero-order valence-corrected chi connectivity index (χ0v) is 8.92. The van der Waals surface area contributed by atoms with Crippen molar-refractivity contribution in [2.24, 2.45) is 0 Å². The molecule has 0 N–H and O–H groups in total. The van der Waals surface area contributed by atoms with Crippen molar-refractivity contribution >= 4 is 27.4 Å². The van der Waals surface area contributed by atoms with Gasteiger partial charge in [-0.1, -0.05) is 17.7 Å². The van der Waals surface area contributed by atoms with Crippen LogP contribution in [0.25, 0.3) is 0 Å². The molecule has 0 spiro atoms. The molecule has 0 aliphatic carbocycles. The first-order valence-electron chi connectivity index (χ1n) is 4.22. The summed E-state index contributed by atoms with van der Waals surface area (Å²) < 4.78 is 24.3. The van der Waals surface area contributed by atoms with Gasteiger partial charge in [-0.3, -0.25) is 4.31 Å². The molecular formula is C8H9ClN2O2S. The fourth-order valence-corrected chi connectivity index (χ4v) is 3.10. The number of hydrogen-bond acceptors (Lipinski definition) is 3. The molecule has 0 atom stereocenters. The molecule has 0 saturated carbocycles. The third kappa shape index (κ3) is 1.69. The van der Waals surface area contributed by atoms with Gasteiger partial charge >= 0.3 is 0 Å². The van der Waals surface area contributed by atoms with Crippen LogP contribution < -0.4 is 4.31 Å². The summed E-state index contributed by atoms with van der Waals surface area (Å²) in [5, 5.41) is 0.310. The largest absolute Gasteiger partial charge is 0.254 e. The molecule has 2 heterocycles. The lowest BCUT2D eigenvalue weighted by molar-refractivity contribution is 0.599. The molecule has 4 nitrogen and oxygen atoms in total. The van der Waals surface area contributed by atoms with Crippen molar-refractivity contribution < 1.29 is 8.42 Å². The Morgan fingerprint density at radius 3 is 2.79 bits per heavy atom. The maximum absolute atomic E-state index is 11.5. The lowest BCUT2D eigenvalue weighted by atomic mass is 10.4. The standard InChI is InChI=1S/C8H9ClN2O2S/c9-7-3-1-4-8(10-7)11-5-2-6-14(11,12)13/h1,3-4H,2,5-6H2. The highest BCUT2D eigenvalue weighted by Crippen LogP contribution is 2.22. The first-order chi connectivity index (χ1) is 6.59. The maximum atomic E-state index is 11.5. The monoisotopic (exact) mass is 232 g/mol. The minimum absolute atomic E-state index is 0.196. The summed E-state index contributed by atoms with van der Waals surface area (Å²) in [6, 6.07) is 4.96. The van der Waals surface area contributed by atoms with Crippen LogP contribution in [0.5, 0.6) is 0 Å². The second-order valence-electron chi connectivity index (χ2n) is 3.06. The van der Waals surface area contributed by atoms with Crippen molar-refractivity contribution in [1.82, 2.24) is 4.98 Å². The number of nitrogens with zero attached hydrogens (tertiary/aromatic N) is 2. The Bertz CT molecular complexity index is 446. The van der Waals surface area contributed by atoms with E-state index in [4.69, 9.17) is 11.6 Å². The number of halogens is 1. The van der Waals surface area contributed by atoms with Gasteiger partial charge in [0.25, 0.3) is 0 Å². The van der Waals surface area contributed by atoms with Crippen LogP contribution >= 0.6 is 11.6 Å². The summed E-state index contributed by atoms with van der Waals surface area (Å²) in [5.41, 5.74) is 0. The number of sulfonamides is 1. The Morgan fingerprint density at radius 2 is 2.21 bits per heavy atom. The smallest absolute Gasteiger partial charge is 0.236 e. The van der Waals surface area contributed by atoms with Gasteiger partial charge in [0, 0.05) is 6.54 Å². The molecule has 6 heteroatoms. The topological polar surface area (TPSA) is 50.3 Å². The van der Waals surface area contributed by atoms with E-state index in [-0.39, 0.29) is 5.75 Å². The van der Waals surface area contributed by atoms with Crippen molar-refractivity contribution in [1.29, 1.82) is 0 Å². The second kappa shape index (κ2) is 3.40. The van der Waals surface area contributed by atoms with E-state index >= 15 is 0 Å². The molecule has 1 aromatic rings. The van der Waals surface area contributed by atoms with E-state index in [1.165, 1.54) is 4.31 Å². The predicted octanol–water partition coefficient (Wildman–Crippen LogP) is 1.27. The van der Waals surface area contributed by atoms with Crippen LogP contribution in [0.4, 0.5) is 5.82 Å². The van der Waals surface area contributed by atoms with Gasteiger partial charge in [-0.15, -0.1) is 0 Å². The normalized spacial score (nSPS) is 19.9. The summed E-state index contributed by atoms with van der Waals surface area (Å²) in [7, 11) is -3.14. The summed E-state index contributed by atoms with van der Waals surface area (Å²) in [5.74, 6) is 0.608. The van der Waals surface area contributed by atoms with E-state index < -0.39 is 10.0 Å². The van der Waals surface area contributed by atoms with Crippen molar-refractivity contribution in [3.63, 3.8) is 0 Å². The molecule has 0 amide bonds. The summed E-state index contributed by atoms with van der Waals surface area (Å²) in [4.78, 5) is 3.96. The number of rotatable bonds is 1. The zero-order chi connectivity index (χ0) is 10.2. The van der Waals surface area contributed by atoms with Gasteiger partial charge in [-0.2, -0.15) is 0 Å². The van der Waals surface area contributed by atoms with Gasteiger partial charge in [0.1, 0.15) is 11.0 Å². The van der Waals surface area contributed by atoms with Gasteiger partial charge in [0.2, 0.25) is 10.0 Å². The maximum Gasteiger partial charge on any atom is 0.236 e. The van der Waals surface area contributed by atoms with E-state index in [0.29, 0.717) is 23.9 Å². The second-order valence-corrected chi connectivity index (χ2v) is 5.46. The molecule has 14 heavy (non-hydrogen) atoms. The van der Waals surface area contributed by atoms with Crippen molar-refractivity contribution in [3.05, 3.63) is 23.4 Å². The first kappa shape index (κ1) is 9.73. The lowest BCUT2D eigenvalue weighted by Gasteiger charge is -2.15. The fraction of sp³-hybridized carbons (Fsp3) is 0.375. The summed E-state index contributed by atoms with van der Waals surface area (Å²) >= 11 is 5.68. The van der Waals surface area contributed by atoms with Crippen LogP contribution in [0, 0.1) is 0 Å². The zero-order valence-electron chi connectivity index (χ0n) is 7.35. The van der Waals surface area contributed by atoms with E-state index in [1.54, 1.807) is 18.2 Å². The molecule has 1 aliphatic rings. The number of aromatic nitrogens is 1. The Labute approximate surface area is 87.6 Å². The molecule has 1 fully saturated rings. The highest BCUT2D eigenvalue weighted by Gasteiger charge is 2.29. The minimum Gasteiger partial charge on any atom is -0.254 e. The quantitative estimate of drug-likeness (QED) is 0.686. The molecule has 1 saturated heterocycles. The van der Waals surface area contributed by atoms with E-state index in [1.807, 2.05) is 0 Å². The van der Waals surface area contributed by atoms with E-state index in [0.717, 1.165) is 0 Å². The molecule has 76 valence electrons. The average Bonchev–Trinajstić information content (AvgIpc) is 2.45. The van der Waals surface area contributed by atoms with Gasteiger partial charge in [0.05, 0.1) is 5.75 Å². The molecule has 1 aromatic heterocycles. The third-order valence-corrected chi connectivity index (χ3v) is 4.11. The summed E-state index contributed by atoms with van der Waals surface area (Å²) in [6.07, 6.45) is 0.649. The van der Waals surface area contributed by atoms with Gasteiger partial charge < -0.3 is 0 Å². The highest BCUT2D eigenvalue weighted by molar-refractivity contribution is 7.93. The molecule has 0 aromatic carbocycles. The van der Waals surface area contributed by atoms with Crippen LogP contribution in [0.15, 0.2) is 18.2 Å². The van der Waals surface area contributed by atoms with Crippen molar-refractivity contribution in [2.45, 2.75) is 6.42 Å². The van der Waals surface area contributed by atoms with Crippen molar-refractivity contribution in [2.75, 3.05) is 16.6 Å². The average molecular weight is 233 g/mol. The highest BCUT2D eigenvalue weighted by atomic mass is 35.5. The molecule has 0 radical (unpaired) electrons. The van der Waals surface area contributed by atoms with Crippen LogP contribution in [-0.4, -0.2) is 25.7 Å². The Morgan fingerprint density at radius 1 is 1.43 bits per heavy atom. The van der Waals surface area contributed by atoms with Gasteiger partial charge in [-0.05, 0) is 18.6 Å². The van der Waals surface area contributed by atoms with E-state index in [9.17, 15) is 8.42 Å². The van der Waals surface area contributed by atoms with Gasteiger partial charge in [0.15, 0.2) is 0 Å². The minimum atomic E-state index is -3.14. The Hall–Kier alpha value is -0.810. The predicted molar refractivity (Wildman–Crippen MR) is 55.0 cm³/mol. The molecule has 0 bridgehead atoms. The Balaban J connectivity index is 2.41. The SMILES string of the molecule is O=S1(=O)CCCN1c1cccc(Cl)n1. The van der Waals surface area contributed by atoms with Crippen LogP contribution in [0.2, 0.25) is 5.15 Å². The molecule has 0 unspecified atom stereocenters. The van der Waals surface area contributed by atoms with Crippen molar-refractivity contribution in [3.8, 4) is 0 Å². The molecule has 2 rings (SSSR count). The fourth-order valence-electron chi connectivity index (χ4n) is 1.43. The number of anilines is 1. The number of pyridine rings is 1. The van der Waals surface area contributed by atoms with Crippen LogP contribution in [-0.2, 0) is 10.0 Å². The first-order valence-corrected chi connectivity index (χ1v) is 6.21. The molecule has 1 aliphatic heterocycles. The van der Waals surface area contributed by atoms with Crippen LogP contribution in [0.1, 0.15) is 6.42 Å². The lowest BCUT2D eigenvalue weighted by Crippen LogP contribution is -2.25. The third-order valence-electron chi connectivity index (χ3n) is 2.06. The molecular weight excluding hydrogens is 224 g/mol.